The molecule has 0 spiro atoms. The molecule has 35 heavy (non-hydrogen) atoms. The van der Waals surface area contributed by atoms with Crippen LogP contribution in [0.3, 0.4) is 0 Å². The molecular formula is C31H53NO3. The van der Waals surface area contributed by atoms with Crippen LogP contribution in [0, 0.1) is 47.3 Å². The number of hydrogen-bond donors (Lipinski definition) is 1. The number of rotatable bonds is 0. The van der Waals surface area contributed by atoms with Crippen LogP contribution < -0.4 is 5.32 Å². The van der Waals surface area contributed by atoms with Gasteiger partial charge in [0.2, 0.25) is 0 Å². The Bertz CT molecular complexity index is 519. The van der Waals surface area contributed by atoms with Crippen molar-refractivity contribution >= 4 is 0 Å². The fourth-order valence-electron chi connectivity index (χ4n) is 7.89. The van der Waals surface area contributed by atoms with Gasteiger partial charge in [0.1, 0.15) is 0 Å². The van der Waals surface area contributed by atoms with E-state index >= 15 is 0 Å². The van der Waals surface area contributed by atoms with Crippen LogP contribution in [-0.2, 0) is 14.2 Å². The number of piperidine rings is 1. The van der Waals surface area contributed by atoms with Crippen molar-refractivity contribution < 1.29 is 14.2 Å². The van der Waals surface area contributed by atoms with Gasteiger partial charge in [0.15, 0.2) is 0 Å². The van der Waals surface area contributed by atoms with Crippen LogP contribution in [0.15, 0.2) is 0 Å². The lowest BCUT2D eigenvalue weighted by Gasteiger charge is -2.29. The maximum absolute atomic E-state index is 5.35. The summed E-state index contributed by atoms with van der Waals surface area (Å²) in [6, 6.07) is 0. The molecule has 0 amide bonds. The minimum atomic E-state index is 0.694. The molecule has 4 saturated heterocycles. The summed E-state index contributed by atoms with van der Waals surface area (Å²) in [5.74, 6) is 8.51. The number of hydrogen-bond acceptors (Lipinski definition) is 4. The third-order valence-electron chi connectivity index (χ3n) is 11.5. The van der Waals surface area contributed by atoms with E-state index in [1.807, 2.05) is 0 Å². The fourth-order valence-corrected chi connectivity index (χ4v) is 7.89. The molecule has 4 aliphatic heterocycles. The van der Waals surface area contributed by atoms with Crippen LogP contribution in [0.25, 0.3) is 0 Å². The Morgan fingerprint density at radius 1 is 0.457 bits per heavy atom. The van der Waals surface area contributed by atoms with E-state index in [4.69, 9.17) is 14.2 Å². The second kappa shape index (κ2) is 12.1. The van der Waals surface area contributed by atoms with Gasteiger partial charge in [0.05, 0.1) is 12.2 Å². The normalized spacial score (nSPS) is 48.0. The summed E-state index contributed by atoms with van der Waals surface area (Å²) in [5.41, 5.74) is 0. The van der Waals surface area contributed by atoms with Gasteiger partial charge in [0, 0.05) is 26.4 Å². The second-order valence-electron chi connectivity index (χ2n) is 13.5. The van der Waals surface area contributed by atoms with E-state index in [-0.39, 0.29) is 0 Å². The Balaban J connectivity index is 0.0000000816. The minimum Gasteiger partial charge on any atom is -0.381 e. The lowest BCUT2D eigenvalue weighted by atomic mass is 9.77. The van der Waals surface area contributed by atoms with Crippen molar-refractivity contribution in [3.8, 4) is 0 Å². The van der Waals surface area contributed by atoms with Gasteiger partial charge in [-0.1, -0.05) is 19.3 Å². The standard InChI is InChI=1S/C7H12.C6H11N.3C6H10O/c1-2-6-4-5-7(6)3-1;1-2-7-4-6-3-5(1)6;1-2-6-4-7-3-5(1)6;2*1-2-6-5(1)3-4-7-6/h6-7H,1-5H2;5-7H,1-4H2;3*5-6H,1-4H2. The predicted octanol–water partition coefficient (Wildman–Crippen LogP) is 6.23. The zero-order valence-corrected chi connectivity index (χ0v) is 22.3. The fraction of sp³-hybridized carbons (Fsp3) is 1.00. The number of ether oxygens (including phenoxy) is 3. The molecule has 10 aliphatic rings. The molecule has 6 aliphatic carbocycles. The van der Waals surface area contributed by atoms with E-state index in [0.29, 0.717) is 12.2 Å². The van der Waals surface area contributed by atoms with Gasteiger partial charge >= 0.3 is 0 Å². The van der Waals surface area contributed by atoms with Crippen LogP contribution in [0.5, 0.6) is 0 Å². The van der Waals surface area contributed by atoms with Crippen molar-refractivity contribution in [3.63, 3.8) is 0 Å². The Hall–Kier alpha value is -0.160. The van der Waals surface area contributed by atoms with Crippen molar-refractivity contribution in [2.75, 3.05) is 39.5 Å². The monoisotopic (exact) mass is 487 g/mol. The smallest absolute Gasteiger partial charge is 0.0604 e. The molecular weight excluding hydrogens is 434 g/mol. The lowest BCUT2D eigenvalue weighted by molar-refractivity contribution is 0.0339. The maximum Gasteiger partial charge on any atom is 0.0604 e. The molecule has 4 heterocycles. The summed E-state index contributed by atoms with van der Waals surface area (Å²) in [7, 11) is 0. The van der Waals surface area contributed by atoms with Gasteiger partial charge < -0.3 is 19.5 Å². The van der Waals surface area contributed by atoms with Crippen LogP contribution in [0.2, 0.25) is 0 Å². The molecule has 10 unspecified atom stereocenters. The molecule has 0 aromatic heterocycles. The van der Waals surface area contributed by atoms with Crippen LogP contribution in [0.4, 0.5) is 0 Å². The van der Waals surface area contributed by atoms with Crippen molar-refractivity contribution in [3.05, 3.63) is 0 Å². The first-order valence-electron chi connectivity index (χ1n) is 15.8. The summed E-state index contributed by atoms with van der Waals surface area (Å²) in [6.45, 7) is 6.78. The van der Waals surface area contributed by atoms with Gasteiger partial charge in [-0.2, -0.15) is 0 Å². The van der Waals surface area contributed by atoms with E-state index in [1.165, 1.54) is 95.6 Å². The first-order valence-corrected chi connectivity index (χ1v) is 15.8. The molecule has 6 saturated carbocycles. The highest BCUT2D eigenvalue weighted by atomic mass is 16.5. The predicted molar refractivity (Wildman–Crippen MR) is 140 cm³/mol. The molecule has 200 valence electrons. The van der Waals surface area contributed by atoms with Crippen LogP contribution >= 0.6 is 0 Å². The average molecular weight is 488 g/mol. The van der Waals surface area contributed by atoms with Gasteiger partial charge in [-0.3, -0.25) is 0 Å². The van der Waals surface area contributed by atoms with Crippen molar-refractivity contribution in [2.24, 2.45) is 47.3 Å². The Labute approximate surface area is 215 Å². The number of nitrogens with one attached hydrogen (secondary N) is 1. The molecule has 0 radical (unpaired) electrons. The summed E-state index contributed by atoms with van der Waals surface area (Å²) in [4.78, 5) is 0. The van der Waals surface area contributed by atoms with Crippen molar-refractivity contribution in [1.82, 2.24) is 5.32 Å². The first kappa shape index (κ1) is 25.1. The minimum absolute atomic E-state index is 0.694. The summed E-state index contributed by atoms with van der Waals surface area (Å²) in [6.07, 6.45) is 23.2. The number of fused-ring (bicyclic) bond motifs is 5. The van der Waals surface area contributed by atoms with Crippen LogP contribution in [-0.4, -0.2) is 51.7 Å². The van der Waals surface area contributed by atoms with E-state index in [1.54, 1.807) is 25.7 Å². The Morgan fingerprint density at radius 3 is 1.31 bits per heavy atom. The highest BCUT2D eigenvalue weighted by Crippen LogP contribution is 2.46. The van der Waals surface area contributed by atoms with Gasteiger partial charge in [-0.25, -0.2) is 0 Å². The topological polar surface area (TPSA) is 39.7 Å². The van der Waals surface area contributed by atoms with Gasteiger partial charge in [-0.05, 0) is 137 Å². The highest BCUT2D eigenvalue weighted by Gasteiger charge is 2.38. The van der Waals surface area contributed by atoms with Crippen LogP contribution in [0.1, 0.15) is 96.3 Å². The molecule has 0 aromatic rings. The maximum atomic E-state index is 5.35. The zero-order chi connectivity index (χ0) is 23.5. The molecule has 0 aromatic carbocycles. The largest absolute Gasteiger partial charge is 0.381 e. The Kier molecular flexibility index (Phi) is 8.72. The molecule has 4 nitrogen and oxygen atoms in total. The second-order valence-corrected chi connectivity index (χ2v) is 13.5. The third kappa shape index (κ3) is 6.47. The highest BCUT2D eigenvalue weighted by molar-refractivity contribution is 4.91. The van der Waals surface area contributed by atoms with E-state index in [2.05, 4.69) is 5.32 Å². The molecule has 10 fully saturated rings. The molecule has 1 N–H and O–H groups in total. The summed E-state index contributed by atoms with van der Waals surface area (Å²) >= 11 is 0. The summed E-state index contributed by atoms with van der Waals surface area (Å²) < 4.78 is 15.9. The van der Waals surface area contributed by atoms with Crippen molar-refractivity contribution in [2.45, 2.75) is 109 Å². The van der Waals surface area contributed by atoms with Gasteiger partial charge in [0.25, 0.3) is 0 Å². The molecule has 10 atom stereocenters. The van der Waals surface area contributed by atoms with E-state index < -0.39 is 0 Å². The molecule has 4 heteroatoms. The molecule has 0 bridgehead atoms. The SMILES string of the molecule is C1CC2CC2CN1.C1CC2CCC2C1.C1CC2CCC2O1.C1CC2CCC2O1.C1CC2COCC12. The lowest BCUT2D eigenvalue weighted by Crippen LogP contribution is -2.26. The first-order chi connectivity index (χ1) is 17.3. The van der Waals surface area contributed by atoms with E-state index in [0.717, 1.165) is 61.9 Å². The van der Waals surface area contributed by atoms with Crippen molar-refractivity contribution in [1.29, 1.82) is 0 Å². The zero-order valence-electron chi connectivity index (χ0n) is 22.3. The molecule has 10 rings (SSSR count). The Morgan fingerprint density at radius 2 is 1.03 bits per heavy atom. The van der Waals surface area contributed by atoms with E-state index in [9.17, 15) is 0 Å². The third-order valence-corrected chi connectivity index (χ3v) is 11.5. The average Bonchev–Trinajstić information content (AvgIpc) is 3.09. The quantitative estimate of drug-likeness (QED) is 0.440. The van der Waals surface area contributed by atoms with Gasteiger partial charge in [-0.15, -0.1) is 0 Å². The summed E-state index contributed by atoms with van der Waals surface area (Å²) in [5, 5.41) is 3.38.